The Hall–Kier alpha value is -1.56. The Kier molecular flexibility index (Phi) is 5.67. The average Bonchev–Trinajstić information content (AvgIpc) is 2.95. The Bertz CT molecular complexity index is 629. The third-order valence-corrected chi connectivity index (χ3v) is 6.50. The molecular weight excluding hydrogens is 339 g/mol. The van der Waals surface area contributed by atoms with Crippen molar-refractivity contribution in [2.45, 2.75) is 61.1 Å². The molecule has 2 aliphatic heterocycles. The summed E-state index contributed by atoms with van der Waals surface area (Å²) in [5, 5.41) is 3.46. The highest BCUT2D eigenvalue weighted by molar-refractivity contribution is 8.00. The van der Waals surface area contributed by atoms with Gasteiger partial charge in [-0.05, 0) is 56.9 Å². The Labute approximate surface area is 152 Å². The van der Waals surface area contributed by atoms with E-state index in [2.05, 4.69) is 5.32 Å². The molecule has 1 N–H and O–H groups in total. The molecule has 4 nitrogen and oxygen atoms in total. The Morgan fingerprint density at radius 1 is 1.32 bits per heavy atom. The first kappa shape index (κ1) is 18.2. The van der Waals surface area contributed by atoms with Crippen LogP contribution in [0, 0.1) is 5.82 Å². The van der Waals surface area contributed by atoms with Gasteiger partial charge in [-0.1, -0.05) is 0 Å². The predicted molar refractivity (Wildman–Crippen MR) is 96.9 cm³/mol. The molecule has 1 atom stereocenters. The summed E-state index contributed by atoms with van der Waals surface area (Å²) in [4.78, 5) is 26.9. The molecule has 6 heteroatoms. The maximum absolute atomic E-state index is 13.0. The molecule has 3 rings (SSSR count). The summed E-state index contributed by atoms with van der Waals surface area (Å²) >= 11 is 1.77. The standard InChI is InChI=1S/C19H25FN2O2S/c1-19(10-6-17(23)21-19)11-7-18(24)22-12-8-16(9-13-22)25-15-4-2-14(20)3-5-15/h2-5,16H,6-13H2,1H3,(H,21,23). The monoisotopic (exact) mass is 364 g/mol. The van der Waals surface area contributed by atoms with Crippen LogP contribution in [-0.2, 0) is 9.59 Å². The number of piperidine rings is 1. The van der Waals surface area contributed by atoms with Gasteiger partial charge in [0.05, 0.1) is 0 Å². The van der Waals surface area contributed by atoms with Gasteiger partial charge in [0.25, 0.3) is 0 Å². The van der Waals surface area contributed by atoms with Crippen LogP contribution >= 0.6 is 11.8 Å². The quantitative estimate of drug-likeness (QED) is 0.872. The van der Waals surface area contributed by atoms with Gasteiger partial charge in [0, 0.05) is 41.6 Å². The average molecular weight is 364 g/mol. The van der Waals surface area contributed by atoms with Crippen LogP contribution in [0.25, 0.3) is 0 Å². The highest BCUT2D eigenvalue weighted by Crippen LogP contribution is 2.31. The first-order valence-corrected chi connectivity index (χ1v) is 9.82. The minimum atomic E-state index is -0.219. The zero-order valence-electron chi connectivity index (χ0n) is 14.6. The Balaban J connectivity index is 1.41. The number of hydrogen-bond acceptors (Lipinski definition) is 3. The van der Waals surface area contributed by atoms with Gasteiger partial charge in [-0.25, -0.2) is 4.39 Å². The normalized spacial score (nSPS) is 24.4. The summed E-state index contributed by atoms with van der Waals surface area (Å²) in [5.74, 6) is 0.0677. The molecule has 0 aromatic heterocycles. The van der Waals surface area contributed by atoms with E-state index in [0.29, 0.717) is 24.5 Å². The van der Waals surface area contributed by atoms with Crippen molar-refractivity contribution in [2.24, 2.45) is 0 Å². The predicted octanol–water partition coefficient (Wildman–Crippen LogP) is 3.36. The number of nitrogens with one attached hydrogen (secondary N) is 1. The topological polar surface area (TPSA) is 49.4 Å². The van der Waals surface area contributed by atoms with E-state index in [0.717, 1.165) is 37.2 Å². The third-order valence-electron chi connectivity index (χ3n) is 5.15. The molecule has 2 fully saturated rings. The Morgan fingerprint density at radius 3 is 2.60 bits per heavy atom. The molecule has 0 saturated carbocycles. The molecular formula is C19H25FN2O2S. The number of carbonyl (C=O) groups is 2. The second kappa shape index (κ2) is 7.77. The van der Waals surface area contributed by atoms with E-state index in [9.17, 15) is 14.0 Å². The van der Waals surface area contributed by atoms with Gasteiger partial charge in [-0.3, -0.25) is 9.59 Å². The third kappa shape index (κ3) is 4.97. The zero-order valence-corrected chi connectivity index (χ0v) is 15.4. The van der Waals surface area contributed by atoms with Gasteiger partial charge >= 0.3 is 0 Å². The van der Waals surface area contributed by atoms with Crippen LogP contribution in [0.15, 0.2) is 29.2 Å². The number of benzene rings is 1. The van der Waals surface area contributed by atoms with Crippen molar-refractivity contribution < 1.29 is 14.0 Å². The molecule has 136 valence electrons. The van der Waals surface area contributed by atoms with Crippen molar-refractivity contribution in [3.8, 4) is 0 Å². The van der Waals surface area contributed by atoms with Crippen LogP contribution < -0.4 is 5.32 Å². The van der Waals surface area contributed by atoms with Gasteiger partial charge in [-0.15, -0.1) is 11.8 Å². The zero-order chi connectivity index (χ0) is 17.9. The summed E-state index contributed by atoms with van der Waals surface area (Å²) in [6.45, 7) is 3.58. The van der Waals surface area contributed by atoms with Gasteiger partial charge in [0.2, 0.25) is 11.8 Å². The molecule has 25 heavy (non-hydrogen) atoms. The van der Waals surface area contributed by atoms with Gasteiger partial charge in [0.15, 0.2) is 0 Å². The smallest absolute Gasteiger partial charge is 0.222 e. The van der Waals surface area contributed by atoms with Crippen molar-refractivity contribution in [3.05, 3.63) is 30.1 Å². The number of likely N-dealkylation sites (tertiary alicyclic amines) is 1. The summed E-state index contributed by atoms with van der Waals surface area (Å²) in [6.07, 6.45) is 4.50. The van der Waals surface area contributed by atoms with Gasteiger partial charge in [-0.2, -0.15) is 0 Å². The van der Waals surface area contributed by atoms with Gasteiger partial charge < -0.3 is 10.2 Å². The lowest BCUT2D eigenvalue weighted by atomic mass is 9.93. The molecule has 2 heterocycles. The second-order valence-electron chi connectivity index (χ2n) is 7.26. The first-order valence-electron chi connectivity index (χ1n) is 8.95. The molecule has 1 unspecified atom stereocenters. The number of nitrogens with zero attached hydrogens (tertiary/aromatic N) is 1. The lowest BCUT2D eigenvalue weighted by Gasteiger charge is -2.33. The van der Waals surface area contributed by atoms with Crippen LogP contribution in [0.2, 0.25) is 0 Å². The highest BCUT2D eigenvalue weighted by atomic mass is 32.2. The fraction of sp³-hybridized carbons (Fsp3) is 0.579. The molecule has 2 amide bonds. The van der Waals surface area contributed by atoms with Crippen LogP contribution in [0.5, 0.6) is 0 Å². The van der Waals surface area contributed by atoms with Crippen LogP contribution in [0.1, 0.15) is 45.4 Å². The maximum atomic E-state index is 13.0. The highest BCUT2D eigenvalue weighted by Gasteiger charge is 2.34. The van der Waals surface area contributed by atoms with Crippen LogP contribution in [0.3, 0.4) is 0 Å². The van der Waals surface area contributed by atoms with Crippen LogP contribution in [0.4, 0.5) is 4.39 Å². The van der Waals surface area contributed by atoms with E-state index in [1.165, 1.54) is 12.1 Å². The molecule has 2 aliphatic rings. The molecule has 0 bridgehead atoms. The SMILES string of the molecule is CC1(CCC(=O)N2CCC(Sc3ccc(F)cc3)CC2)CCC(=O)N1. The minimum Gasteiger partial charge on any atom is -0.351 e. The van der Waals surface area contributed by atoms with E-state index in [4.69, 9.17) is 0 Å². The van der Waals surface area contributed by atoms with Gasteiger partial charge in [0.1, 0.15) is 5.82 Å². The fourth-order valence-electron chi connectivity index (χ4n) is 3.51. The number of halogens is 1. The minimum absolute atomic E-state index is 0.0913. The van der Waals surface area contributed by atoms with Crippen molar-refractivity contribution in [2.75, 3.05) is 13.1 Å². The molecule has 0 radical (unpaired) electrons. The number of hydrogen-bond donors (Lipinski definition) is 1. The van der Waals surface area contributed by atoms with E-state index in [1.54, 1.807) is 11.8 Å². The summed E-state index contributed by atoms with van der Waals surface area (Å²) in [7, 11) is 0. The number of carbonyl (C=O) groups excluding carboxylic acids is 2. The van der Waals surface area contributed by atoms with Crippen molar-refractivity contribution in [1.29, 1.82) is 0 Å². The van der Waals surface area contributed by atoms with Crippen molar-refractivity contribution >= 4 is 23.6 Å². The first-order chi connectivity index (χ1) is 11.9. The summed E-state index contributed by atoms with van der Waals surface area (Å²) in [6, 6.07) is 6.61. The lowest BCUT2D eigenvalue weighted by Crippen LogP contribution is -2.42. The van der Waals surface area contributed by atoms with Crippen molar-refractivity contribution in [1.82, 2.24) is 10.2 Å². The van der Waals surface area contributed by atoms with E-state index in [1.807, 2.05) is 24.0 Å². The fourth-order valence-corrected chi connectivity index (χ4v) is 4.63. The van der Waals surface area contributed by atoms with E-state index >= 15 is 0 Å². The number of rotatable bonds is 5. The summed E-state index contributed by atoms with van der Waals surface area (Å²) < 4.78 is 13.0. The molecule has 0 spiro atoms. The molecule has 1 aromatic rings. The molecule has 2 saturated heterocycles. The van der Waals surface area contributed by atoms with Crippen molar-refractivity contribution in [3.63, 3.8) is 0 Å². The largest absolute Gasteiger partial charge is 0.351 e. The maximum Gasteiger partial charge on any atom is 0.222 e. The summed E-state index contributed by atoms with van der Waals surface area (Å²) in [5.41, 5.74) is -0.219. The van der Waals surface area contributed by atoms with Crippen LogP contribution in [-0.4, -0.2) is 40.6 Å². The number of amides is 2. The Morgan fingerprint density at radius 2 is 2.00 bits per heavy atom. The molecule has 1 aromatic carbocycles. The van der Waals surface area contributed by atoms with E-state index in [-0.39, 0.29) is 23.2 Å². The van der Waals surface area contributed by atoms with E-state index < -0.39 is 0 Å². The lowest BCUT2D eigenvalue weighted by molar-refractivity contribution is -0.132. The number of thioether (sulfide) groups is 1. The second-order valence-corrected chi connectivity index (χ2v) is 8.63. The molecule has 0 aliphatic carbocycles.